The van der Waals surface area contributed by atoms with Crippen molar-refractivity contribution < 1.29 is 4.79 Å². The predicted octanol–water partition coefficient (Wildman–Crippen LogP) is 2.90. The Labute approximate surface area is 119 Å². The van der Waals surface area contributed by atoms with E-state index in [1.807, 2.05) is 32.0 Å². The van der Waals surface area contributed by atoms with Gasteiger partial charge in [-0.25, -0.2) is 4.98 Å². The molecule has 0 fully saturated rings. The fourth-order valence-electron chi connectivity index (χ4n) is 2.84. The van der Waals surface area contributed by atoms with Crippen molar-refractivity contribution in [2.24, 2.45) is 0 Å². The van der Waals surface area contributed by atoms with Gasteiger partial charge in [0, 0.05) is 24.6 Å². The monoisotopic (exact) mass is 271 g/mol. The summed E-state index contributed by atoms with van der Waals surface area (Å²) >= 11 is 0. The molecule has 2 aromatic rings. The number of rotatable bonds is 2. The number of benzene rings is 1. The molecule has 1 N–H and O–H groups in total. The minimum absolute atomic E-state index is 0.0231. The van der Waals surface area contributed by atoms with Crippen LogP contribution in [0.2, 0.25) is 0 Å². The van der Waals surface area contributed by atoms with Crippen LogP contribution in [0.5, 0.6) is 0 Å². The Balaban J connectivity index is 1.98. The van der Waals surface area contributed by atoms with Crippen LogP contribution in [0, 0.1) is 0 Å². The molecular weight excluding hydrogens is 250 g/mol. The number of imidazole rings is 1. The quantitative estimate of drug-likeness (QED) is 0.913. The van der Waals surface area contributed by atoms with E-state index in [2.05, 4.69) is 9.88 Å². The summed E-state index contributed by atoms with van der Waals surface area (Å²) in [6.45, 7) is 4.98. The Morgan fingerprint density at radius 3 is 2.95 bits per heavy atom. The Morgan fingerprint density at radius 1 is 1.30 bits per heavy atom. The summed E-state index contributed by atoms with van der Waals surface area (Å²) in [5.74, 6) is 1.14. The zero-order chi connectivity index (χ0) is 14.1. The van der Waals surface area contributed by atoms with Gasteiger partial charge < -0.3 is 9.88 Å². The zero-order valence-electron chi connectivity index (χ0n) is 12.1. The summed E-state index contributed by atoms with van der Waals surface area (Å²) in [6.07, 6.45) is 4.75. The van der Waals surface area contributed by atoms with Crippen molar-refractivity contribution in [3.8, 4) is 0 Å². The molecule has 4 heteroatoms. The predicted molar refractivity (Wildman–Crippen MR) is 79.9 cm³/mol. The van der Waals surface area contributed by atoms with Crippen molar-refractivity contribution in [3.05, 3.63) is 29.6 Å². The fraction of sp³-hybridized carbons (Fsp3) is 0.500. The van der Waals surface area contributed by atoms with Crippen molar-refractivity contribution in [2.45, 2.75) is 52.1 Å². The van der Waals surface area contributed by atoms with Crippen LogP contribution >= 0.6 is 0 Å². The molecule has 0 aliphatic carbocycles. The third-order valence-corrected chi connectivity index (χ3v) is 3.79. The molecule has 0 saturated heterocycles. The van der Waals surface area contributed by atoms with E-state index in [-0.39, 0.29) is 11.9 Å². The molecule has 106 valence electrons. The lowest BCUT2D eigenvalue weighted by Crippen LogP contribution is -2.29. The van der Waals surface area contributed by atoms with Crippen molar-refractivity contribution in [1.29, 1.82) is 0 Å². The van der Waals surface area contributed by atoms with Gasteiger partial charge in [0.15, 0.2) is 0 Å². The summed E-state index contributed by atoms with van der Waals surface area (Å²) in [7, 11) is 0. The van der Waals surface area contributed by atoms with E-state index in [9.17, 15) is 4.79 Å². The molecule has 0 bridgehead atoms. The lowest BCUT2D eigenvalue weighted by Gasteiger charge is -2.08. The number of aromatic nitrogens is 2. The van der Waals surface area contributed by atoms with E-state index in [0.29, 0.717) is 5.56 Å². The molecule has 0 spiro atoms. The molecule has 1 aliphatic rings. The van der Waals surface area contributed by atoms with Gasteiger partial charge in [-0.1, -0.05) is 6.42 Å². The number of hydrogen-bond acceptors (Lipinski definition) is 2. The maximum atomic E-state index is 12.1. The van der Waals surface area contributed by atoms with Crippen molar-refractivity contribution in [1.82, 2.24) is 14.9 Å². The van der Waals surface area contributed by atoms with E-state index < -0.39 is 0 Å². The highest BCUT2D eigenvalue weighted by molar-refractivity contribution is 5.97. The molecule has 3 rings (SSSR count). The summed E-state index contributed by atoms with van der Waals surface area (Å²) in [5, 5.41) is 2.92. The van der Waals surface area contributed by atoms with Crippen LogP contribution < -0.4 is 5.32 Å². The van der Waals surface area contributed by atoms with Gasteiger partial charge in [-0.3, -0.25) is 4.79 Å². The molecular formula is C16H21N3O. The Kier molecular flexibility index (Phi) is 3.47. The molecule has 0 atom stereocenters. The molecule has 1 aromatic carbocycles. The molecule has 2 heterocycles. The Morgan fingerprint density at radius 2 is 2.15 bits per heavy atom. The van der Waals surface area contributed by atoms with E-state index >= 15 is 0 Å². The molecule has 0 saturated carbocycles. The average Bonchev–Trinajstić information content (AvgIpc) is 2.59. The maximum Gasteiger partial charge on any atom is 0.251 e. The van der Waals surface area contributed by atoms with E-state index in [0.717, 1.165) is 24.0 Å². The minimum atomic E-state index is -0.0231. The second kappa shape index (κ2) is 5.27. The van der Waals surface area contributed by atoms with Gasteiger partial charge in [-0.2, -0.15) is 0 Å². The summed E-state index contributed by atoms with van der Waals surface area (Å²) in [6, 6.07) is 6.00. The lowest BCUT2D eigenvalue weighted by atomic mass is 10.1. The molecule has 0 unspecified atom stereocenters. The van der Waals surface area contributed by atoms with Crippen LogP contribution in [-0.4, -0.2) is 21.5 Å². The van der Waals surface area contributed by atoms with E-state index in [1.165, 1.54) is 25.1 Å². The normalized spacial score (nSPS) is 15.2. The van der Waals surface area contributed by atoms with Crippen molar-refractivity contribution >= 4 is 16.9 Å². The van der Waals surface area contributed by atoms with E-state index in [1.54, 1.807) is 0 Å². The summed E-state index contributed by atoms with van der Waals surface area (Å²) in [4.78, 5) is 16.8. The molecule has 0 radical (unpaired) electrons. The van der Waals surface area contributed by atoms with Crippen LogP contribution in [0.1, 0.15) is 49.3 Å². The number of aryl methyl sites for hydroxylation is 2. The highest BCUT2D eigenvalue weighted by Gasteiger charge is 2.15. The van der Waals surface area contributed by atoms with Crippen LogP contribution in [0.3, 0.4) is 0 Å². The molecule has 1 amide bonds. The third kappa shape index (κ3) is 2.42. The first-order chi connectivity index (χ1) is 9.65. The van der Waals surface area contributed by atoms with Gasteiger partial charge in [0.1, 0.15) is 5.82 Å². The van der Waals surface area contributed by atoms with Gasteiger partial charge in [0.25, 0.3) is 5.91 Å². The topological polar surface area (TPSA) is 46.9 Å². The van der Waals surface area contributed by atoms with Crippen molar-refractivity contribution in [2.75, 3.05) is 0 Å². The first-order valence-electron chi connectivity index (χ1n) is 7.45. The van der Waals surface area contributed by atoms with Crippen LogP contribution in [0.25, 0.3) is 11.0 Å². The number of fused-ring (bicyclic) bond motifs is 3. The first-order valence-corrected chi connectivity index (χ1v) is 7.45. The van der Waals surface area contributed by atoms with Crippen LogP contribution in [0.15, 0.2) is 18.2 Å². The Bertz CT molecular complexity index is 642. The summed E-state index contributed by atoms with van der Waals surface area (Å²) < 4.78 is 2.31. The summed E-state index contributed by atoms with van der Waals surface area (Å²) in [5.41, 5.74) is 2.79. The molecule has 4 nitrogen and oxygen atoms in total. The fourth-order valence-corrected chi connectivity index (χ4v) is 2.84. The molecule has 20 heavy (non-hydrogen) atoms. The third-order valence-electron chi connectivity index (χ3n) is 3.79. The highest BCUT2D eigenvalue weighted by Crippen LogP contribution is 2.22. The Hall–Kier alpha value is -1.84. The largest absolute Gasteiger partial charge is 0.350 e. The van der Waals surface area contributed by atoms with Gasteiger partial charge >= 0.3 is 0 Å². The standard InChI is InChI=1S/C16H21N3O/c1-11(2)17-16(20)12-7-8-14-13(10-12)18-15-6-4-3-5-9-19(14)15/h7-8,10-11H,3-6,9H2,1-2H3,(H,17,20). The van der Waals surface area contributed by atoms with Gasteiger partial charge in [0.05, 0.1) is 11.0 Å². The number of amides is 1. The van der Waals surface area contributed by atoms with Crippen molar-refractivity contribution in [3.63, 3.8) is 0 Å². The molecule has 1 aliphatic heterocycles. The van der Waals surface area contributed by atoms with Crippen LogP contribution in [-0.2, 0) is 13.0 Å². The second-order valence-electron chi connectivity index (χ2n) is 5.82. The minimum Gasteiger partial charge on any atom is -0.350 e. The van der Waals surface area contributed by atoms with Crippen LogP contribution in [0.4, 0.5) is 0 Å². The highest BCUT2D eigenvalue weighted by atomic mass is 16.1. The second-order valence-corrected chi connectivity index (χ2v) is 5.82. The zero-order valence-corrected chi connectivity index (χ0v) is 12.1. The van der Waals surface area contributed by atoms with Gasteiger partial charge in [-0.05, 0) is 44.9 Å². The first kappa shape index (κ1) is 13.2. The SMILES string of the molecule is CC(C)NC(=O)c1ccc2c(c1)nc1n2CCCCC1. The lowest BCUT2D eigenvalue weighted by molar-refractivity contribution is 0.0943. The number of carbonyl (C=O) groups excluding carboxylic acids is 1. The number of nitrogens with zero attached hydrogens (tertiary/aromatic N) is 2. The average molecular weight is 271 g/mol. The van der Waals surface area contributed by atoms with Gasteiger partial charge in [0.2, 0.25) is 0 Å². The number of nitrogens with one attached hydrogen (secondary N) is 1. The number of hydrogen-bond donors (Lipinski definition) is 1. The van der Waals surface area contributed by atoms with Gasteiger partial charge in [-0.15, -0.1) is 0 Å². The smallest absolute Gasteiger partial charge is 0.251 e. The maximum absolute atomic E-state index is 12.1. The molecule has 1 aromatic heterocycles. The van der Waals surface area contributed by atoms with E-state index in [4.69, 9.17) is 4.98 Å². The number of carbonyl (C=O) groups is 1.